The minimum atomic E-state index is -0.746. The molecule has 28 heavy (non-hydrogen) atoms. The average molecular weight is 387 g/mol. The summed E-state index contributed by atoms with van der Waals surface area (Å²) < 4.78 is 22.4. The smallest absolute Gasteiger partial charge is 0.248 e. The van der Waals surface area contributed by atoms with Crippen molar-refractivity contribution in [1.29, 1.82) is 0 Å². The van der Waals surface area contributed by atoms with Crippen LogP contribution in [0.1, 0.15) is 35.4 Å². The SMILES string of the molecule is C[C@@H](O)c1ccc(C(N)=O)cc1Oc1ccc(OCCO[C@H]2CCOC2)cc1. The van der Waals surface area contributed by atoms with E-state index >= 15 is 0 Å². The van der Waals surface area contributed by atoms with Crippen LogP contribution in [0.4, 0.5) is 0 Å². The summed E-state index contributed by atoms with van der Waals surface area (Å²) in [5, 5.41) is 9.92. The van der Waals surface area contributed by atoms with Crippen LogP contribution >= 0.6 is 0 Å². The Morgan fingerprint density at radius 1 is 1.21 bits per heavy atom. The summed E-state index contributed by atoms with van der Waals surface area (Å²) in [5.74, 6) is 1.07. The van der Waals surface area contributed by atoms with Crippen molar-refractivity contribution < 1.29 is 28.8 Å². The maximum absolute atomic E-state index is 11.4. The van der Waals surface area contributed by atoms with Crippen molar-refractivity contribution in [2.45, 2.75) is 25.6 Å². The first-order valence-electron chi connectivity index (χ1n) is 9.25. The molecule has 1 amide bonds. The fourth-order valence-corrected chi connectivity index (χ4v) is 2.87. The number of rotatable bonds is 9. The van der Waals surface area contributed by atoms with Crippen LogP contribution in [0.5, 0.6) is 17.2 Å². The first-order chi connectivity index (χ1) is 13.5. The summed E-state index contributed by atoms with van der Waals surface area (Å²) in [4.78, 5) is 11.4. The Morgan fingerprint density at radius 3 is 2.61 bits per heavy atom. The van der Waals surface area contributed by atoms with Gasteiger partial charge in [-0.1, -0.05) is 6.07 Å². The zero-order valence-corrected chi connectivity index (χ0v) is 15.8. The van der Waals surface area contributed by atoms with Gasteiger partial charge in [0.05, 0.1) is 25.4 Å². The number of amides is 1. The molecule has 150 valence electrons. The molecule has 0 radical (unpaired) electrons. The molecular formula is C21H25NO6. The predicted octanol–water partition coefficient (Wildman–Crippen LogP) is 2.82. The average Bonchev–Trinajstić information content (AvgIpc) is 3.19. The molecule has 7 nitrogen and oxygen atoms in total. The molecule has 0 spiro atoms. The van der Waals surface area contributed by atoms with E-state index in [1.54, 1.807) is 43.3 Å². The third-order valence-electron chi connectivity index (χ3n) is 4.39. The number of primary amides is 1. The van der Waals surface area contributed by atoms with Gasteiger partial charge in [0.25, 0.3) is 0 Å². The molecule has 1 fully saturated rings. The predicted molar refractivity (Wildman–Crippen MR) is 103 cm³/mol. The quantitative estimate of drug-likeness (QED) is 0.642. The van der Waals surface area contributed by atoms with E-state index in [0.29, 0.717) is 48.2 Å². The minimum Gasteiger partial charge on any atom is -0.491 e. The van der Waals surface area contributed by atoms with Crippen LogP contribution in [0.3, 0.4) is 0 Å². The second-order valence-electron chi connectivity index (χ2n) is 6.57. The van der Waals surface area contributed by atoms with Crippen LogP contribution in [0.2, 0.25) is 0 Å². The second kappa shape index (κ2) is 9.54. The molecule has 0 saturated carbocycles. The lowest BCUT2D eigenvalue weighted by molar-refractivity contribution is 0.0265. The van der Waals surface area contributed by atoms with Gasteiger partial charge < -0.3 is 29.8 Å². The summed E-state index contributed by atoms with van der Waals surface area (Å²) in [7, 11) is 0. The van der Waals surface area contributed by atoms with Crippen molar-refractivity contribution in [2.24, 2.45) is 5.73 Å². The second-order valence-corrected chi connectivity index (χ2v) is 6.57. The first kappa shape index (κ1) is 20.1. The Bertz CT molecular complexity index is 784. The molecule has 3 N–H and O–H groups in total. The molecule has 7 heteroatoms. The van der Waals surface area contributed by atoms with Gasteiger partial charge in [0, 0.05) is 17.7 Å². The molecule has 1 aliphatic rings. The van der Waals surface area contributed by atoms with E-state index in [1.807, 2.05) is 0 Å². The number of ether oxygens (including phenoxy) is 4. The zero-order chi connectivity index (χ0) is 19.9. The lowest BCUT2D eigenvalue weighted by Gasteiger charge is -2.15. The van der Waals surface area contributed by atoms with E-state index in [1.165, 1.54) is 6.07 Å². The van der Waals surface area contributed by atoms with E-state index in [9.17, 15) is 9.90 Å². The highest BCUT2D eigenvalue weighted by Crippen LogP contribution is 2.31. The summed E-state index contributed by atoms with van der Waals surface area (Å²) in [6.45, 7) is 3.99. The molecule has 2 aromatic carbocycles. The maximum atomic E-state index is 11.4. The van der Waals surface area contributed by atoms with Crippen LogP contribution in [0.15, 0.2) is 42.5 Å². The first-order valence-corrected chi connectivity index (χ1v) is 9.25. The highest BCUT2D eigenvalue weighted by atomic mass is 16.6. The number of benzene rings is 2. The van der Waals surface area contributed by atoms with Gasteiger partial charge in [0.2, 0.25) is 5.91 Å². The van der Waals surface area contributed by atoms with Crippen molar-refractivity contribution >= 4 is 5.91 Å². The number of carbonyl (C=O) groups is 1. The maximum Gasteiger partial charge on any atom is 0.248 e. The third-order valence-corrected chi connectivity index (χ3v) is 4.39. The van der Waals surface area contributed by atoms with Crippen LogP contribution in [0.25, 0.3) is 0 Å². The summed E-state index contributed by atoms with van der Waals surface area (Å²) in [6, 6.07) is 11.8. The number of aliphatic hydroxyl groups is 1. The van der Waals surface area contributed by atoms with Gasteiger partial charge in [-0.2, -0.15) is 0 Å². The highest BCUT2D eigenvalue weighted by molar-refractivity contribution is 5.93. The zero-order valence-electron chi connectivity index (χ0n) is 15.8. The molecule has 2 aromatic rings. The number of aliphatic hydroxyl groups excluding tert-OH is 1. The van der Waals surface area contributed by atoms with Gasteiger partial charge >= 0.3 is 0 Å². The Hall–Kier alpha value is -2.61. The number of hydrogen-bond acceptors (Lipinski definition) is 6. The summed E-state index contributed by atoms with van der Waals surface area (Å²) >= 11 is 0. The topological polar surface area (TPSA) is 100 Å². The van der Waals surface area contributed by atoms with Crippen molar-refractivity contribution in [3.63, 3.8) is 0 Å². The lowest BCUT2D eigenvalue weighted by Crippen LogP contribution is -2.16. The number of hydrogen-bond donors (Lipinski definition) is 2. The van der Waals surface area contributed by atoms with Crippen molar-refractivity contribution in [1.82, 2.24) is 0 Å². The summed E-state index contributed by atoms with van der Waals surface area (Å²) in [6.07, 6.45) is 0.348. The number of nitrogens with two attached hydrogens (primary N) is 1. The molecule has 1 heterocycles. The normalized spacial score (nSPS) is 17.3. The van der Waals surface area contributed by atoms with Gasteiger partial charge in [-0.25, -0.2) is 0 Å². The van der Waals surface area contributed by atoms with Crippen molar-refractivity contribution in [2.75, 3.05) is 26.4 Å². The van der Waals surface area contributed by atoms with Gasteiger partial charge in [-0.15, -0.1) is 0 Å². The Balaban J connectivity index is 1.57. The van der Waals surface area contributed by atoms with Crippen LogP contribution in [0, 0.1) is 0 Å². The fourth-order valence-electron chi connectivity index (χ4n) is 2.87. The molecule has 2 atom stereocenters. The van der Waals surface area contributed by atoms with Gasteiger partial charge in [0.1, 0.15) is 23.9 Å². The minimum absolute atomic E-state index is 0.165. The molecule has 0 aliphatic carbocycles. The molecule has 1 saturated heterocycles. The fraction of sp³-hybridized carbons (Fsp3) is 0.381. The molecule has 0 unspecified atom stereocenters. The van der Waals surface area contributed by atoms with Crippen molar-refractivity contribution in [3.05, 3.63) is 53.6 Å². The van der Waals surface area contributed by atoms with Crippen LogP contribution in [-0.4, -0.2) is 43.5 Å². The molecule has 3 rings (SSSR count). The monoisotopic (exact) mass is 387 g/mol. The van der Waals surface area contributed by atoms with Crippen LogP contribution in [-0.2, 0) is 9.47 Å². The standard InChI is InChI=1S/C21H25NO6/c1-14(23)19-7-2-15(21(22)24)12-20(19)28-17-5-3-16(4-6-17)26-10-11-27-18-8-9-25-13-18/h2-7,12,14,18,23H,8-11,13H2,1H3,(H2,22,24)/t14-,18+/m1/s1. The van der Waals surface area contributed by atoms with E-state index < -0.39 is 12.0 Å². The molecule has 0 bridgehead atoms. The van der Waals surface area contributed by atoms with E-state index in [4.69, 9.17) is 24.7 Å². The molecule has 0 aromatic heterocycles. The Morgan fingerprint density at radius 2 is 1.96 bits per heavy atom. The largest absolute Gasteiger partial charge is 0.491 e. The van der Waals surface area contributed by atoms with E-state index in [2.05, 4.69) is 0 Å². The van der Waals surface area contributed by atoms with Crippen molar-refractivity contribution in [3.8, 4) is 17.2 Å². The highest BCUT2D eigenvalue weighted by Gasteiger charge is 2.16. The number of carbonyl (C=O) groups excluding carboxylic acids is 1. The third kappa shape index (κ3) is 5.45. The van der Waals surface area contributed by atoms with Gasteiger partial charge in [-0.3, -0.25) is 4.79 Å². The van der Waals surface area contributed by atoms with E-state index in [0.717, 1.165) is 13.0 Å². The Kier molecular flexibility index (Phi) is 6.86. The molecule has 1 aliphatic heterocycles. The van der Waals surface area contributed by atoms with Crippen LogP contribution < -0.4 is 15.2 Å². The Labute approximate surface area is 164 Å². The summed E-state index contributed by atoms with van der Waals surface area (Å²) in [5.41, 5.74) is 6.21. The van der Waals surface area contributed by atoms with Gasteiger partial charge in [-0.05, 0) is 49.7 Å². The molecular weight excluding hydrogens is 362 g/mol. The lowest BCUT2D eigenvalue weighted by atomic mass is 10.1. The van der Waals surface area contributed by atoms with Gasteiger partial charge in [0.15, 0.2) is 0 Å². The van der Waals surface area contributed by atoms with E-state index in [-0.39, 0.29) is 6.10 Å².